The molecule has 0 bridgehead atoms. The van der Waals surface area contributed by atoms with E-state index in [1.54, 1.807) is 30.3 Å². The van der Waals surface area contributed by atoms with Crippen LogP contribution in [0.4, 0.5) is 16.3 Å². The van der Waals surface area contributed by atoms with Gasteiger partial charge in [0, 0.05) is 35.3 Å². The third kappa shape index (κ3) is 4.27. The van der Waals surface area contributed by atoms with Gasteiger partial charge in [-0.1, -0.05) is 18.2 Å². The molecule has 1 fully saturated rings. The SMILES string of the molecule is O=C(O)Nc1ccc(C(=O)/C=C/c2cc3ccccc3nc2N2CCCC2)cc1. The molecule has 0 spiro atoms. The van der Waals surface area contributed by atoms with E-state index >= 15 is 0 Å². The molecule has 146 valence electrons. The minimum absolute atomic E-state index is 0.146. The van der Waals surface area contributed by atoms with Crippen LogP contribution in [-0.2, 0) is 0 Å². The van der Waals surface area contributed by atoms with E-state index in [0.29, 0.717) is 11.3 Å². The summed E-state index contributed by atoms with van der Waals surface area (Å²) < 4.78 is 0. The average Bonchev–Trinajstić information content (AvgIpc) is 3.26. The Hall–Kier alpha value is -3.67. The van der Waals surface area contributed by atoms with Crippen LogP contribution in [0, 0.1) is 0 Å². The molecule has 6 heteroatoms. The number of allylic oxidation sites excluding steroid dienone is 1. The lowest BCUT2D eigenvalue weighted by molar-refractivity contribution is 0.104. The number of benzene rings is 2. The van der Waals surface area contributed by atoms with Gasteiger partial charge < -0.3 is 10.0 Å². The zero-order valence-corrected chi connectivity index (χ0v) is 15.8. The highest BCUT2D eigenvalue weighted by Crippen LogP contribution is 2.27. The van der Waals surface area contributed by atoms with Crippen LogP contribution in [0.5, 0.6) is 0 Å². The molecular weight excluding hydrogens is 366 g/mol. The van der Waals surface area contributed by atoms with E-state index in [0.717, 1.165) is 48.2 Å². The molecule has 1 saturated heterocycles. The maximum Gasteiger partial charge on any atom is 0.409 e. The van der Waals surface area contributed by atoms with Crippen LogP contribution < -0.4 is 10.2 Å². The van der Waals surface area contributed by atoms with Crippen LogP contribution in [0.3, 0.4) is 0 Å². The lowest BCUT2D eigenvalue weighted by Crippen LogP contribution is -2.20. The quantitative estimate of drug-likeness (QED) is 0.484. The Bertz CT molecular complexity index is 1080. The molecule has 29 heavy (non-hydrogen) atoms. The summed E-state index contributed by atoms with van der Waals surface area (Å²) in [5, 5.41) is 12.0. The maximum atomic E-state index is 12.6. The van der Waals surface area contributed by atoms with Crippen molar-refractivity contribution in [3.05, 3.63) is 71.8 Å². The van der Waals surface area contributed by atoms with Gasteiger partial charge in [0.15, 0.2) is 5.78 Å². The first-order chi connectivity index (χ1) is 14.1. The summed E-state index contributed by atoms with van der Waals surface area (Å²) in [7, 11) is 0. The molecule has 0 radical (unpaired) electrons. The standard InChI is InChI=1S/C23H21N3O3/c27-21(16-7-10-19(11-8-16)24-23(28)29)12-9-18-15-17-5-1-2-6-20(17)25-22(18)26-13-3-4-14-26/h1-2,5-12,15,24H,3-4,13-14H2,(H,28,29)/b12-9+. The molecule has 4 rings (SSSR count). The predicted octanol–water partition coefficient (Wildman–Crippen LogP) is 4.82. The van der Waals surface area contributed by atoms with Gasteiger partial charge in [0.25, 0.3) is 0 Å². The first-order valence-corrected chi connectivity index (χ1v) is 9.57. The summed E-state index contributed by atoms with van der Waals surface area (Å²) in [4.78, 5) is 30.4. The Morgan fingerprint density at radius 3 is 2.48 bits per heavy atom. The molecule has 0 aliphatic carbocycles. The molecule has 1 aliphatic rings. The summed E-state index contributed by atoms with van der Waals surface area (Å²) >= 11 is 0. The van der Waals surface area contributed by atoms with E-state index < -0.39 is 6.09 Å². The number of carbonyl (C=O) groups is 2. The second kappa shape index (κ2) is 8.14. The van der Waals surface area contributed by atoms with Crippen molar-refractivity contribution in [2.75, 3.05) is 23.3 Å². The van der Waals surface area contributed by atoms with Gasteiger partial charge in [-0.15, -0.1) is 0 Å². The molecule has 2 heterocycles. The van der Waals surface area contributed by atoms with E-state index in [2.05, 4.69) is 16.3 Å². The second-order valence-corrected chi connectivity index (χ2v) is 6.99. The van der Waals surface area contributed by atoms with Crippen molar-refractivity contribution >= 4 is 40.4 Å². The van der Waals surface area contributed by atoms with Gasteiger partial charge in [-0.3, -0.25) is 10.1 Å². The highest BCUT2D eigenvalue weighted by Gasteiger charge is 2.17. The number of hydrogen-bond donors (Lipinski definition) is 2. The molecule has 0 saturated carbocycles. The second-order valence-electron chi connectivity index (χ2n) is 6.99. The highest BCUT2D eigenvalue weighted by molar-refractivity contribution is 6.07. The smallest absolute Gasteiger partial charge is 0.409 e. The lowest BCUT2D eigenvalue weighted by Gasteiger charge is -2.19. The fourth-order valence-electron chi connectivity index (χ4n) is 3.53. The normalized spacial score (nSPS) is 13.9. The number of ketones is 1. The average molecular weight is 387 g/mol. The number of carboxylic acid groups (broad SMARTS) is 1. The number of carbonyl (C=O) groups excluding carboxylic acids is 1. The van der Waals surface area contributed by atoms with Crippen molar-refractivity contribution in [3.8, 4) is 0 Å². The summed E-state index contributed by atoms with van der Waals surface area (Å²) in [6.07, 6.45) is 4.52. The number of anilines is 2. The van der Waals surface area contributed by atoms with Crippen molar-refractivity contribution in [1.82, 2.24) is 4.98 Å². The van der Waals surface area contributed by atoms with Gasteiger partial charge in [-0.25, -0.2) is 9.78 Å². The van der Waals surface area contributed by atoms with Gasteiger partial charge in [-0.05, 0) is 61.4 Å². The number of fused-ring (bicyclic) bond motifs is 1. The summed E-state index contributed by atoms with van der Waals surface area (Å²) in [5.74, 6) is 0.763. The Morgan fingerprint density at radius 1 is 1.03 bits per heavy atom. The maximum absolute atomic E-state index is 12.6. The number of rotatable bonds is 5. The third-order valence-electron chi connectivity index (χ3n) is 4.97. The van der Waals surface area contributed by atoms with Crippen LogP contribution in [0.15, 0.2) is 60.7 Å². The van der Waals surface area contributed by atoms with E-state index in [-0.39, 0.29) is 5.78 Å². The monoisotopic (exact) mass is 387 g/mol. The van der Waals surface area contributed by atoms with Crippen LogP contribution in [0.25, 0.3) is 17.0 Å². The minimum atomic E-state index is -1.14. The predicted molar refractivity (Wildman–Crippen MR) is 115 cm³/mol. The van der Waals surface area contributed by atoms with Crippen LogP contribution in [0.1, 0.15) is 28.8 Å². The molecule has 3 aromatic rings. The van der Waals surface area contributed by atoms with Gasteiger partial charge in [0.2, 0.25) is 0 Å². The van der Waals surface area contributed by atoms with Crippen molar-refractivity contribution in [1.29, 1.82) is 0 Å². The van der Waals surface area contributed by atoms with Gasteiger partial charge in [0.1, 0.15) is 5.82 Å². The number of nitrogens with zero attached hydrogens (tertiary/aromatic N) is 2. The summed E-state index contributed by atoms with van der Waals surface area (Å²) in [6.45, 7) is 1.94. The Morgan fingerprint density at radius 2 is 1.76 bits per heavy atom. The summed E-state index contributed by atoms with van der Waals surface area (Å²) in [6, 6.07) is 16.4. The molecule has 2 N–H and O–H groups in total. The lowest BCUT2D eigenvalue weighted by atomic mass is 10.1. The number of aromatic nitrogens is 1. The van der Waals surface area contributed by atoms with Gasteiger partial charge >= 0.3 is 6.09 Å². The van der Waals surface area contributed by atoms with Crippen molar-refractivity contribution in [2.24, 2.45) is 0 Å². The fraction of sp³-hybridized carbons (Fsp3) is 0.174. The fourth-order valence-corrected chi connectivity index (χ4v) is 3.53. The van der Waals surface area contributed by atoms with Gasteiger partial charge in [0.05, 0.1) is 5.52 Å². The number of para-hydroxylation sites is 1. The van der Waals surface area contributed by atoms with Crippen LogP contribution in [-0.4, -0.2) is 35.1 Å². The number of nitrogens with one attached hydrogen (secondary N) is 1. The Labute approximate surface area is 168 Å². The van der Waals surface area contributed by atoms with Crippen molar-refractivity contribution in [2.45, 2.75) is 12.8 Å². The topological polar surface area (TPSA) is 82.5 Å². The van der Waals surface area contributed by atoms with Crippen molar-refractivity contribution < 1.29 is 14.7 Å². The molecule has 0 unspecified atom stereocenters. The molecule has 1 aromatic heterocycles. The zero-order valence-electron chi connectivity index (χ0n) is 15.8. The van der Waals surface area contributed by atoms with E-state index in [4.69, 9.17) is 10.1 Å². The van der Waals surface area contributed by atoms with Crippen LogP contribution in [0.2, 0.25) is 0 Å². The highest BCUT2D eigenvalue weighted by atomic mass is 16.4. The third-order valence-corrected chi connectivity index (χ3v) is 4.97. The minimum Gasteiger partial charge on any atom is -0.465 e. The number of hydrogen-bond acceptors (Lipinski definition) is 4. The Kier molecular flexibility index (Phi) is 5.24. The molecule has 6 nitrogen and oxygen atoms in total. The Balaban J connectivity index is 1.62. The van der Waals surface area contributed by atoms with E-state index in [1.165, 1.54) is 0 Å². The van der Waals surface area contributed by atoms with Crippen LogP contribution >= 0.6 is 0 Å². The molecule has 0 atom stereocenters. The summed E-state index contributed by atoms with van der Waals surface area (Å²) in [5.41, 5.74) is 2.78. The van der Waals surface area contributed by atoms with E-state index in [9.17, 15) is 9.59 Å². The first kappa shape index (κ1) is 18.7. The number of pyridine rings is 1. The first-order valence-electron chi connectivity index (χ1n) is 9.57. The number of amides is 1. The van der Waals surface area contributed by atoms with E-state index in [1.807, 2.05) is 30.3 Å². The largest absolute Gasteiger partial charge is 0.465 e. The zero-order chi connectivity index (χ0) is 20.2. The molecule has 2 aromatic carbocycles. The molecular formula is C23H21N3O3. The van der Waals surface area contributed by atoms with Gasteiger partial charge in [-0.2, -0.15) is 0 Å². The molecule has 1 aliphatic heterocycles. The molecule has 1 amide bonds. The van der Waals surface area contributed by atoms with Crippen molar-refractivity contribution in [3.63, 3.8) is 0 Å².